The summed E-state index contributed by atoms with van der Waals surface area (Å²) >= 11 is 5.52. The van der Waals surface area contributed by atoms with Crippen LogP contribution < -0.4 is 5.73 Å². The van der Waals surface area contributed by atoms with Crippen molar-refractivity contribution in [3.63, 3.8) is 0 Å². The number of carbonyl (C=O) groups excluding carboxylic acids is 4. The van der Waals surface area contributed by atoms with Crippen LogP contribution in [0.25, 0.3) is 0 Å². The lowest BCUT2D eigenvalue weighted by Gasteiger charge is -2.39. The quantitative estimate of drug-likeness (QED) is 0.781. The summed E-state index contributed by atoms with van der Waals surface area (Å²) in [7, 11) is 1.96. The zero-order valence-corrected chi connectivity index (χ0v) is 13.6. The number of benzene rings is 1. The molecule has 25 heavy (non-hydrogen) atoms. The van der Waals surface area contributed by atoms with Crippen LogP contribution in [-0.2, 0) is 26.0 Å². The van der Waals surface area contributed by atoms with Gasteiger partial charge in [-0.05, 0) is 17.7 Å². The van der Waals surface area contributed by atoms with Gasteiger partial charge < -0.3 is 5.73 Å². The van der Waals surface area contributed by atoms with E-state index in [0.717, 1.165) is 26.2 Å². The number of hydrogen-bond acceptors (Lipinski definition) is 4. The third-order valence-corrected chi connectivity index (χ3v) is 4.23. The van der Waals surface area contributed by atoms with Crippen LogP contribution in [0.1, 0.15) is 11.1 Å². The second-order valence-electron chi connectivity index (χ2n) is 5.32. The second-order valence-corrected chi connectivity index (χ2v) is 5.72. The molecule has 0 bridgehead atoms. The topological polar surface area (TPSA) is 101 Å². The normalized spacial score (nSPS) is 17.9. The number of primary amides is 1. The van der Waals surface area contributed by atoms with E-state index in [-0.39, 0.29) is 0 Å². The Morgan fingerprint density at radius 3 is 2.00 bits per heavy atom. The first kappa shape index (κ1) is 18.7. The van der Waals surface area contributed by atoms with Gasteiger partial charge in [0.15, 0.2) is 0 Å². The van der Waals surface area contributed by atoms with Crippen molar-refractivity contribution in [2.45, 2.75) is 11.6 Å². The number of nitrogens with two attached hydrogens (primary N) is 1. The van der Waals surface area contributed by atoms with Crippen molar-refractivity contribution >= 4 is 35.4 Å². The van der Waals surface area contributed by atoms with Gasteiger partial charge in [-0.3, -0.25) is 24.2 Å². The maximum Gasteiger partial charge on any atom is 0.417 e. The molecule has 1 aromatic carbocycles. The molecule has 0 saturated carbocycles. The van der Waals surface area contributed by atoms with Gasteiger partial charge in [0.05, 0.1) is 10.6 Å². The third-order valence-electron chi connectivity index (χ3n) is 3.90. The summed E-state index contributed by atoms with van der Waals surface area (Å²) in [5.41, 5.74) is 0.440. The van der Waals surface area contributed by atoms with Crippen molar-refractivity contribution in [3.05, 3.63) is 34.3 Å². The van der Waals surface area contributed by atoms with Gasteiger partial charge in [-0.15, -0.1) is 0 Å². The van der Waals surface area contributed by atoms with Gasteiger partial charge in [-0.2, -0.15) is 13.2 Å². The van der Waals surface area contributed by atoms with E-state index in [1.807, 2.05) is 0 Å². The number of barbiturate groups is 1. The third kappa shape index (κ3) is 2.53. The van der Waals surface area contributed by atoms with Crippen molar-refractivity contribution < 1.29 is 32.3 Å². The van der Waals surface area contributed by atoms with Crippen molar-refractivity contribution in [2.75, 3.05) is 14.1 Å². The predicted octanol–water partition coefficient (Wildman–Crippen LogP) is 1.13. The summed E-state index contributed by atoms with van der Waals surface area (Å²) < 4.78 is 39.3. The minimum Gasteiger partial charge on any atom is -0.368 e. The maximum atomic E-state index is 13.1. The van der Waals surface area contributed by atoms with Crippen molar-refractivity contribution in [3.8, 4) is 0 Å². The van der Waals surface area contributed by atoms with Gasteiger partial charge in [-0.1, -0.05) is 17.7 Å². The Morgan fingerprint density at radius 1 is 1.12 bits per heavy atom. The number of urea groups is 1. The molecule has 0 aromatic heterocycles. The van der Waals surface area contributed by atoms with Crippen LogP contribution in [0.3, 0.4) is 0 Å². The van der Waals surface area contributed by atoms with Gasteiger partial charge >= 0.3 is 12.2 Å². The average Bonchev–Trinajstić information content (AvgIpc) is 2.51. The van der Waals surface area contributed by atoms with Gasteiger partial charge in [-0.25, -0.2) is 4.79 Å². The molecule has 5 amide bonds. The van der Waals surface area contributed by atoms with Crippen LogP contribution in [0.2, 0.25) is 5.02 Å². The largest absolute Gasteiger partial charge is 0.417 e. The van der Waals surface area contributed by atoms with Gasteiger partial charge in [0.25, 0.3) is 11.8 Å². The number of nitrogens with zero attached hydrogens (tertiary/aromatic N) is 2. The summed E-state index contributed by atoms with van der Waals surface area (Å²) in [6.07, 6.45) is -4.90. The Hall–Kier alpha value is -2.62. The van der Waals surface area contributed by atoms with Crippen molar-refractivity contribution in [2.24, 2.45) is 5.73 Å². The Morgan fingerprint density at radius 2 is 1.60 bits per heavy atom. The minimum absolute atomic E-state index is 0.403. The van der Waals surface area contributed by atoms with E-state index in [1.165, 1.54) is 0 Å². The van der Waals surface area contributed by atoms with E-state index >= 15 is 0 Å². The molecule has 1 aliphatic rings. The molecule has 1 aromatic rings. The average molecular weight is 378 g/mol. The number of rotatable bonds is 2. The maximum absolute atomic E-state index is 13.1. The zero-order chi connectivity index (χ0) is 19.3. The van der Waals surface area contributed by atoms with E-state index in [4.69, 9.17) is 17.3 Å². The number of halogens is 4. The standard InChI is InChI=1S/C14H11ClF3N3O4/c1-20-10(23)13(9(19)22,11(24)21(2)12(20)25)6-3-4-8(15)7(5-6)14(16,17)18/h3-5H,1-2H3,(H2,19,22). The second kappa shape index (κ2) is 5.73. The lowest BCUT2D eigenvalue weighted by molar-refractivity contribution is -0.155. The van der Waals surface area contributed by atoms with E-state index in [1.54, 1.807) is 0 Å². The number of amides is 5. The van der Waals surface area contributed by atoms with E-state index in [2.05, 4.69) is 0 Å². The first-order valence-electron chi connectivity index (χ1n) is 6.64. The highest BCUT2D eigenvalue weighted by atomic mass is 35.5. The molecule has 2 N–H and O–H groups in total. The van der Waals surface area contributed by atoms with Gasteiger partial charge in [0, 0.05) is 14.1 Å². The molecule has 0 atom stereocenters. The zero-order valence-electron chi connectivity index (χ0n) is 12.8. The SMILES string of the molecule is CN1C(=O)N(C)C(=O)C(C(N)=O)(c2ccc(Cl)c(C(F)(F)F)c2)C1=O. The monoisotopic (exact) mass is 377 g/mol. The fraction of sp³-hybridized carbons (Fsp3) is 0.286. The Labute approximate surface area is 144 Å². The molecule has 134 valence electrons. The van der Waals surface area contributed by atoms with Crippen molar-refractivity contribution in [1.82, 2.24) is 9.80 Å². The highest BCUT2D eigenvalue weighted by Crippen LogP contribution is 2.39. The molecular weight excluding hydrogens is 367 g/mol. The smallest absolute Gasteiger partial charge is 0.368 e. The van der Waals surface area contributed by atoms with E-state index < -0.39 is 51.5 Å². The van der Waals surface area contributed by atoms with E-state index in [9.17, 15) is 32.3 Å². The molecular formula is C14H11ClF3N3O4. The number of imide groups is 2. The van der Waals surface area contributed by atoms with Crippen LogP contribution >= 0.6 is 11.6 Å². The summed E-state index contributed by atoms with van der Waals surface area (Å²) in [4.78, 5) is 49.8. The highest BCUT2D eigenvalue weighted by molar-refractivity contribution is 6.34. The minimum atomic E-state index is -4.90. The molecule has 0 spiro atoms. The Bertz CT molecular complexity index is 785. The molecule has 0 unspecified atom stereocenters. The first-order valence-corrected chi connectivity index (χ1v) is 7.02. The summed E-state index contributed by atoms with van der Waals surface area (Å²) in [5.74, 6) is -4.20. The van der Waals surface area contributed by atoms with Crippen LogP contribution in [-0.4, -0.2) is 47.6 Å². The number of alkyl halides is 3. The number of likely N-dealkylation sites (N-methyl/N-ethyl adjacent to an activating group) is 2. The van der Waals surface area contributed by atoms with E-state index in [0.29, 0.717) is 15.9 Å². The number of carbonyl (C=O) groups is 4. The predicted molar refractivity (Wildman–Crippen MR) is 78.3 cm³/mol. The van der Waals surface area contributed by atoms with Crippen LogP contribution in [0.15, 0.2) is 18.2 Å². The van der Waals surface area contributed by atoms with Crippen LogP contribution in [0.4, 0.5) is 18.0 Å². The summed E-state index contributed by atoms with van der Waals surface area (Å²) in [6.45, 7) is 0. The van der Waals surface area contributed by atoms with Gasteiger partial charge in [0.1, 0.15) is 0 Å². The Balaban J connectivity index is 2.83. The molecule has 7 nitrogen and oxygen atoms in total. The lowest BCUT2D eigenvalue weighted by Crippen LogP contribution is -2.69. The number of hydrogen-bond donors (Lipinski definition) is 1. The first-order chi connectivity index (χ1) is 11.4. The molecule has 1 fully saturated rings. The molecule has 11 heteroatoms. The van der Waals surface area contributed by atoms with Gasteiger partial charge in [0.2, 0.25) is 11.3 Å². The molecule has 1 aliphatic heterocycles. The molecule has 2 rings (SSSR count). The van der Waals surface area contributed by atoms with Crippen molar-refractivity contribution in [1.29, 1.82) is 0 Å². The molecule has 0 radical (unpaired) electrons. The molecule has 0 aliphatic carbocycles. The Kier molecular flexibility index (Phi) is 4.29. The summed E-state index contributed by atoms with van der Waals surface area (Å²) in [5, 5.41) is -0.690. The highest BCUT2D eigenvalue weighted by Gasteiger charge is 2.61. The lowest BCUT2D eigenvalue weighted by atomic mass is 9.75. The fourth-order valence-corrected chi connectivity index (χ4v) is 2.79. The summed E-state index contributed by atoms with van der Waals surface area (Å²) in [6, 6.07) is 1.06. The molecule has 1 heterocycles. The molecule has 1 saturated heterocycles. The van der Waals surface area contributed by atoms with Crippen LogP contribution in [0.5, 0.6) is 0 Å². The fourth-order valence-electron chi connectivity index (χ4n) is 2.57. The van der Waals surface area contributed by atoms with Crippen LogP contribution in [0, 0.1) is 0 Å².